The highest BCUT2D eigenvalue weighted by molar-refractivity contribution is 8.14. The number of rotatable bonds is 7. The van der Waals surface area contributed by atoms with Crippen molar-refractivity contribution in [2.75, 3.05) is 32.6 Å². The van der Waals surface area contributed by atoms with E-state index in [0.717, 1.165) is 17.3 Å². The molecule has 114 valence electrons. The van der Waals surface area contributed by atoms with Crippen LogP contribution in [-0.4, -0.2) is 49.7 Å². The van der Waals surface area contributed by atoms with Crippen molar-refractivity contribution in [2.45, 2.75) is 12.5 Å². The van der Waals surface area contributed by atoms with Crippen LogP contribution in [-0.2, 0) is 16.0 Å². The highest BCUT2D eigenvalue weighted by Crippen LogP contribution is 2.17. The molecule has 2 rings (SSSR count). The van der Waals surface area contributed by atoms with Crippen LogP contribution in [0.3, 0.4) is 0 Å². The smallest absolute Gasteiger partial charge is 0.241 e. The van der Waals surface area contributed by atoms with Gasteiger partial charge in [-0.2, -0.15) is 0 Å². The first kappa shape index (κ1) is 15.9. The summed E-state index contributed by atoms with van der Waals surface area (Å²) in [6, 6.07) is 10.8. The monoisotopic (exact) mass is 307 g/mol. The lowest BCUT2D eigenvalue weighted by Gasteiger charge is -2.09. The van der Waals surface area contributed by atoms with E-state index in [9.17, 15) is 4.79 Å². The van der Waals surface area contributed by atoms with Crippen LogP contribution in [0.25, 0.3) is 0 Å². The summed E-state index contributed by atoms with van der Waals surface area (Å²) < 4.78 is 4.87. The normalized spacial score (nSPS) is 19.5. The van der Waals surface area contributed by atoms with E-state index in [2.05, 4.69) is 39.9 Å². The van der Waals surface area contributed by atoms with Gasteiger partial charge in [-0.05, 0) is 12.0 Å². The predicted molar refractivity (Wildman–Crippen MR) is 86.7 cm³/mol. The molecule has 1 heterocycles. The second-order valence-corrected chi connectivity index (χ2v) is 5.81. The fraction of sp³-hybridized carbons (Fsp3) is 0.467. The van der Waals surface area contributed by atoms with Crippen molar-refractivity contribution in [1.29, 1.82) is 0 Å². The van der Waals surface area contributed by atoms with Crippen LogP contribution >= 0.6 is 11.8 Å². The number of hydrogen-bond donors (Lipinski definition) is 2. The molecule has 1 aromatic rings. The van der Waals surface area contributed by atoms with Crippen molar-refractivity contribution < 1.29 is 9.53 Å². The Kier molecular flexibility index (Phi) is 6.56. The second-order valence-electron chi connectivity index (χ2n) is 4.81. The number of carbonyl (C=O) groups excluding carboxylic acids is 1. The lowest BCUT2D eigenvalue weighted by Crippen LogP contribution is -2.31. The third-order valence-electron chi connectivity index (χ3n) is 3.07. The van der Waals surface area contributed by atoms with Crippen LogP contribution in [0.2, 0.25) is 0 Å². The zero-order valence-corrected chi connectivity index (χ0v) is 13.0. The first-order valence-electron chi connectivity index (χ1n) is 7.01. The maximum atomic E-state index is 11.5. The van der Waals surface area contributed by atoms with Gasteiger partial charge in [0.1, 0.15) is 6.54 Å². The summed E-state index contributed by atoms with van der Waals surface area (Å²) in [6.07, 6.45) is 0.979. The minimum absolute atomic E-state index is 0.0755. The van der Waals surface area contributed by atoms with Crippen molar-refractivity contribution >= 4 is 22.8 Å². The number of amides is 1. The molecule has 5 nitrogen and oxygen atoms in total. The first-order chi connectivity index (χ1) is 10.3. The Balaban J connectivity index is 1.71. The van der Waals surface area contributed by atoms with Crippen LogP contribution in [0.1, 0.15) is 5.56 Å². The SMILES string of the molecule is COCCNC(=O)CN=C1NC(Cc2ccccc2)CS1. The third kappa shape index (κ3) is 5.77. The molecule has 1 atom stereocenters. The van der Waals surface area contributed by atoms with Gasteiger partial charge in [0.2, 0.25) is 5.91 Å². The number of thioether (sulfide) groups is 1. The molecule has 0 radical (unpaired) electrons. The number of amidine groups is 1. The van der Waals surface area contributed by atoms with Gasteiger partial charge in [-0.25, -0.2) is 0 Å². The van der Waals surface area contributed by atoms with Gasteiger partial charge in [-0.1, -0.05) is 42.1 Å². The highest BCUT2D eigenvalue weighted by atomic mass is 32.2. The van der Waals surface area contributed by atoms with Crippen LogP contribution < -0.4 is 10.6 Å². The van der Waals surface area contributed by atoms with Crippen molar-refractivity contribution in [1.82, 2.24) is 10.6 Å². The fourth-order valence-electron chi connectivity index (χ4n) is 2.03. The van der Waals surface area contributed by atoms with Crippen LogP contribution in [0.5, 0.6) is 0 Å². The summed E-state index contributed by atoms with van der Waals surface area (Å²) in [7, 11) is 1.61. The Morgan fingerprint density at radius 2 is 2.29 bits per heavy atom. The van der Waals surface area contributed by atoms with E-state index < -0.39 is 0 Å². The van der Waals surface area contributed by atoms with E-state index in [1.807, 2.05) is 6.07 Å². The number of methoxy groups -OCH3 is 1. The molecule has 1 aromatic carbocycles. The van der Waals surface area contributed by atoms with E-state index in [1.165, 1.54) is 5.56 Å². The molecular formula is C15H21N3O2S. The van der Waals surface area contributed by atoms with Gasteiger partial charge in [-0.3, -0.25) is 9.79 Å². The van der Waals surface area contributed by atoms with Gasteiger partial charge in [0.15, 0.2) is 5.17 Å². The first-order valence-corrected chi connectivity index (χ1v) is 8.00. The summed E-state index contributed by atoms with van der Waals surface area (Å²) in [6.45, 7) is 1.21. The third-order valence-corrected chi connectivity index (χ3v) is 4.16. The van der Waals surface area contributed by atoms with Gasteiger partial charge < -0.3 is 15.4 Å². The largest absolute Gasteiger partial charge is 0.383 e. The van der Waals surface area contributed by atoms with Gasteiger partial charge in [-0.15, -0.1) is 0 Å². The number of aliphatic imine (C=N–C) groups is 1. The molecular weight excluding hydrogens is 286 g/mol. The van der Waals surface area contributed by atoms with Gasteiger partial charge in [0.25, 0.3) is 0 Å². The molecule has 1 amide bonds. The Bertz CT molecular complexity index is 479. The Hall–Kier alpha value is -1.53. The van der Waals surface area contributed by atoms with Crippen LogP contribution in [0, 0.1) is 0 Å². The molecule has 0 spiro atoms. The van der Waals surface area contributed by atoms with E-state index in [1.54, 1.807) is 18.9 Å². The van der Waals surface area contributed by atoms with Crippen LogP contribution in [0.4, 0.5) is 0 Å². The van der Waals surface area contributed by atoms with E-state index in [4.69, 9.17) is 4.74 Å². The minimum atomic E-state index is -0.0755. The number of benzene rings is 1. The average Bonchev–Trinajstić information content (AvgIpc) is 2.94. The Labute approximate surface area is 129 Å². The Morgan fingerprint density at radius 1 is 1.48 bits per heavy atom. The number of ether oxygens (including phenoxy) is 1. The lowest BCUT2D eigenvalue weighted by atomic mass is 10.1. The lowest BCUT2D eigenvalue weighted by molar-refractivity contribution is -0.119. The maximum absolute atomic E-state index is 11.5. The number of nitrogens with one attached hydrogen (secondary N) is 2. The summed E-state index contributed by atoms with van der Waals surface area (Å²) in [5.41, 5.74) is 1.31. The van der Waals surface area contributed by atoms with E-state index in [0.29, 0.717) is 19.2 Å². The topological polar surface area (TPSA) is 62.7 Å². The quantitative estimate of drug-likeness (QED) is 0.739. The number of carbonyl (C=O) groups is 1. The van der Waals surface area contributed by atoms with Crippen molar-refractivity contribution in [3.63, 3.8) is 0 Å². The van der Waals surface area contributed by atoms with Crippen LogP contribution in [0.15, 0.2) is 35.3 Å². The standard InChI is InChI=1S/C15H21N3O2S/c1-20-8-7-16-14(19)10-17-15-18-13(11-21-15)9-12-5-3-2-4-6-12/h2-6,13H,7-11H2,1H3,(H,16,19)(H,17,18). The van der Waals surface area contributed by atoms with Crippen molar-refractivity contribution in [2.24, 2.45) is 4.99 Å². The van der Waals surface area contributed by atoms with E-state index in [-0.39, 0.29) is 12.5 Å². The van der Waals surface area contributed by atoms with Gasteiger partial charge in [0, 0.05) is 25.4 Å². The minimum Gasteiger partial charge on any atom is -0.383 e. The highest BCUT2D eigenvalue weighted by Gasteiger charge is 2.20. The predicted octanol–water partition coefficient (Wildman–Crippen LogP) is 1.05. The molecule has 1 fully saturated rings. The maximum Gasteiger partial charge on any atom is 0.241 e. The zero-order chi connectivity index (χ0) is 14.9. The number of nitrogens with zero attached hydrogens (tertiary/aromatic N) is 1. The summed E-state index contributed by atoms with van der Waals surface area (Å²) in [4.78, 5) is 15.8. The van der Waals surface area contributed by atoms with Gasteiger partial charge in [0.05, 0.1) is 6.61 Å². The second kappa shape index (κ2) is 8.69. The molecule has 0 aliphatic carbocycles. The molecule has 0 saturated carbocycles. The van der Waals surface area contributed by atoms with Gasteiger partial charge >= 0.3 is 0 Å². The molecule has 6 heteroatoms. The fourth-order valence-corrected chi connectivity index (χ4v) is 3.00. The number of hydrogen-bond acceptors (Lipinski definition) is 4. The molecule has 1 saturated heterocycles. The summed E-state index contributed by atoms with van der Waals surface area (Å²) in [5.74, 6) is 0.910. The van der Waals surface area contributed by atoms with Crippen molar-refractivity contribution in [3.05, 3.63) is 35.9 Å². The summed E-state index contributed by atoms with van der Waals surface area (Å²) >= 11 is 1.67. The Morgan fingerprint density at radius 3 is 3.05 bits per heavy atom. The summed E-state index contributed by atoms with van der Waals surface area (Å²) in [5, 5.41) is 6.98. The molecule has 21 heavy (non-hydrogen) atoms. The zero-order valence-electron chi connectivity index (χ0n) is 12.2. The molecule has 2 N–H and O–H groups in total. The van der Waals surface area contributed by atoms with E-state index >= 15 is 0 Å². The molecule has 1 aliphatic rings. The molecule has 1 aliphatic heterocycles. The molecule has 1 unspecified atom stereocenters. The average molecular weight is 307 g/mol. The van der Waals surface area contributed by atoms with Crippen molar-refractivity contribution in [3.8, 4) is 0 Å². The molecule has 0 bridgehead atoms. The molecule has 0 aromatic heterocycles.